The first-order valence-corrected chi connectivity index (χ1v) is 7.76. The summed E-state index contributed by atoms with van der Waals surface area (Å²) in [5.74, 6) is 0.432. The van der Waals surface area contributed by atoms with Crippen LogP contribution in [-0.4, -0.2) is 56.0 Å². The van der Waals surface area contributed by atoms with E-state index in [0.717, 1.165) is 19.5 Å². The van der Waals surface area contributed by atoms with Gasteiger partial charge in [-0.15, -0.1) is 0 Å². The fraction of sp³-hybridized carbons (Fsp3) is 0.636. The minimum absolute atomic E-state index is 0.0385. The topological polar surface area (TPSA) is 87.2 Å². The number of anilines is 1. The molecule has 1 atom stereocenters. The summed E-state index contributed by atoms with van der Waals surface area (Å²) in [7, 11) is -1.55. The van der Waals surface area contributed by atoms with Crippen molar-refractivity contribution in [1.29, 1.82) is 0 Å². The van der Waals surface area contributed by atoms with Crippen molar-refractivity contribution in [2.24, 2.45) is 0 Å². The van der Waals surface area contributed by atoms with Crippen molar-refractivity contribution in [3.63, 3.8) is 0 Å². The smallest absolute Gasteiger partial charge is 0.243 e. The lowest BCUT2D eigenvalue weighted by Crippen LogP contribution is -2.36. The first-order valence-electron chi connectivity index (χ1n) is 6.28. The van der Waals surface area contributed by atoms with Gasteiger partial charge in [0.2, 0.25) is 16.0 Å². The quantitative estimate of drug-likeness (QED) is 0.785. The average Bonchev–Trinajstić information content (AvgIpc) is 2.75. The summed E-state index contributed by atoms with van der Waals surface area (Å²) in [5, 5.41) is 2.92. The van der Waals surface area contributed by atoms with Crippen LogP contribution in [0.2, 0.25) is 0 Å². The van der Waals surface area contributed by atoms with E-state index in [2.05, 4.69) is 24.9 Å². The number of likely N-dealkylation sites (tertiary alicyclic amines) is 1. The van der Waals surface area contributed by atoms with Gasteiger partial charge in [0.25, 0.3) is 0 Å². The first kappa shape index (κ1) is 14.2. The molecule has 2 N–H and O–H groups in total. The number of hydrogen-bond donors (Lipinski definition) is 2. The van der Waals surface area contributed by atoms with Gasteiger partial charge in [-0.05, 0) is 26.9 Å². The number of sulfonamides is 1. The number of aromatic nitrogens is 2. The van der Waals surface area contributed by atoms with Gasteiger partial charge in [-0.1, -0.05) is 0 Å². The molecule has 1 aliphatic heterocycles. The van der Waals surface area contributed by atoms with Crippen molar-refractivity contribution < 1.29 is 8.42 Å². The van der Waals surface area contributed by atoms with Gasteiger partial charge >= 0.3 is 0 Å². The standard InChI is InChI=1S/C11H19N5O2S/c1-3-12-11-13-6-10(7-14-11)19(17,18)15-9-4-5-16(2)8-9/h6-7,9,15H,3-5,8H2,1-2H3,(H,12,13,14). The van der Waals surface area contributed by atoms with Crippen molar-refractivity contribution in [3.05, 3.63) is 12.4 Å². The SMILES string of the molecule is CCNc1ncc(S(=O)(=O)NC2CCN(C)C2)cn1. The van der Waals surface area contributed by atoms with E-state index in [1.807, 2.05) is 14.0 Å². The third-order valence-corrected chi connectivity index (χ3v) is 4.46. The summed E-state index contributed by atoms with van der Waals surface area (Å²) in [5.41, 5.74) is 0. The molecule has 1 unspecified atom stereocenters. The summed E-state index contributed by atoms with van der Waals surface area (Å²) in [6, 6.07) is -0.0385. The lowest BCUT2D eigenvalue weighted by atomic mass is 10.3. The van der Waals surface area contributed by atoms with E-state index in [1.165, 1.54) is 12.4 Å². The Balaban J connectivity index is 2.06. The fourth-order valence-electron chi connectivity index (χ4n) is 2.02. The first-order chi connectivity index (χ1) is 9.01. The molecule has 1 saturated heterocycles. The van der Waals surface area contributed by atoms with Crippen LogP contribution in [-0.2, 0) is 10.0 Å². The molecule has 0 aromatic carbocycles. The molecule has 7 nitrogen and oxygen atoms in total. The van der Waals surface area contributed by atoms with E-state index in [9.17, 15) is 8.42 Å². The van der Waals surface area contributed by atoms with Crippen molar-refractivity contribution in [2.75, 3.05) is 32.0 Å². The Bertz CT molecular complexity index is 516. The Kier molecular flexibility index (Phi) is 4.33. The van der Waals surface area contributed by atoms with Crippen LogP contribution >= 0.6 is 0 Å². The summed E-state index contributed by atoms with van der Waals surface area (Å²) >= 11 is 0. The molecule has 1 aliphatic rings. The van der Waals surface area contributed by atoms with Crippen LogP contribution in [0.1, 0.15) is 13.3 Å². The normalized spacial score (nSPS) is 20.6. The van der Waals surface area contributed by atoms with Gasteiger partial charge in [0.1, 0.15) is 4.90 Å². The van der Waals surface area contributed by atoms with Crippen LogP contribution in [0.5, 0.6) is 0 Å². The van der Waals surface area contributed by atoms with Gasteiger partial charge in [-0.25, -0.2) is 23.1 Å². The average molecular weight is 285 g/mol. The van der Waals surface area contributed by atoms with Gasteiger partial charge < -0.3 is 10.2 Å². The Morgan fingerprint density at radius 3 is 2.63 bits per heavy atom. The maximum Gasteiger partial charge on any atom is 0.243 e. The minimum atomic E-state index is -3.53. The largest absolute Gasteiger partial charge is 0.355 e. The van der Waals surface area contributed by atoms with Gasteiger partial charge in [0, 0.05) is 19.1 Å². The lowest BCUT2D eigenvalue weighted by Gasteiger charge is -2.13. The Labute approximate surface area is 113 Å². The second-order valence-corrected chi connectivity index (χ2v) is 6.36. The molecule has 0 radical (unpaired) electrons. The highest BCUT2D eigenvalue weighted by molar-refractivity contribution is 7.89. The lowest BCUT2D eigenvalue weighted by molar-refractivity contribution is 0.407. The van der Waals surface area contributed by atoms with E-state index >= 15 is 0 Å². The van der Waals surface area contributed by atoms with E-state index in [4.69, 9.17) is 0 Å². The maximum atomic E-state index is 12.1. The summed E-state index contributed by atoms with van der Waals surface area (Å²) in [4.78, 5) is 10.1. The molecule has 0 bridgehead atoms. The number of likely N-dealkylation sites (N-methyl/N-ethyl adjacent to an activating group) is 1. The van der Waals surface area contributed by atoms with Gasteiger partial charge in [0.05, 0.1) is 12.4 Å². The van der Waals surface area contributed by atoms with Crippen molar-refractivity contribution >= 4 is 16.0 Å². The summed E-state index contributed by atoms with van der Waals surface area (Å²) in [6.45, 7) is 4.25. The zero-order valence-electron chi connectivity index (χ0n) is 11.1. The van der Waals surface area contributed by atoms with Gasteiger partial charge in [0.15, 0.2) is 0 Å². The minimum Gasteiger partial charge on any atom is -0.355 e. The summed E-state index contributed by atoms with van der Waals surface area (Å²) in [6.07, 6.45) is 3.48. The van der Waals surface area contributed by atoms with Crippen molar-refractivity contribution in [2.45, 2.75) is 24.3 Å². The molecule has 0 spiro atoms. The van der Waals surface area contributed by atoms with E-state index < -0.39 is 10.0 Å². The number of nitrogens with one attached hydrogen (secondary N) is 2. The molecule has 2 rings (SSSR count). The molecule has 2 heterocycles. The van der Waals surface area contributed by atoms with Crippen LogP contribution in [0.15, 0.2) is 17.3 Å². The highest BCUT2D eigenvalue weighted by atomic mass is 32.2. The van der Waals surface area contributed by atoms with Gasteiger partial charge in [-0.2, -0.15) is 0 Å². The van der Waals surface area contributed by atoms with E-state index in [-0.39, 0.29) is 10.9 Å². The van der Waals surface area contributed by atoms with Gasteiger partial charge in [-0.3, -0.25) is 0 Å². The fourth-order valence-corrected chi connectivity index (χ4v) is 3.17. The maximum absolute atomic E-state index is 12.1. The second-order valence-electron chi connectivity index (χ2n) is 4.64. The molecule has 0 amide bonds. The third-order valence-electron chi connectivity index (χ3n) is 2.99. The number of hydrogen-bond acceptors (Lipinski definition) is 6. The predicted octanol–water partition coefficient (Wildman–Crippen LogP) is -0.109. The molecular weight excluding hydrogens is 266 g/mol. The van der Waals surface area contributed by atoms with Crippen LogP contribution in [0, 0.1) is 0 Å². The molecule has 1 aromatic heterocycles. The van der Waals surface area contributed by atoms with Crippen LogP contribution in [0.4, 0.5) is 5.95 Å². The van der Waals surface area contributed by atoms with Crippen LogP contribution in [0.25, 0.3) is 0 Å². The number of nitrogens with zero attached hydrogens (tertiary/aromatic N) is 3. The van der Waals surface area contributed by atoms with E-state index in [1.54, 1.807) is 0 Å². The Morgan fingerprint density at radius 2 is 2.11 bits per heavy atom. The Hall–Kier alpha value is -1.25. The molecule has 8 heteroatoms. The highest BCUT2D eigenvalue weighted by Crippen LogP contribution is 2.12. The molecule has 1 aromatic rings. The molecule has 1 fully saturated rings. The van der Waals surface area contributed by atoms with Crippen molar-refractivity contribution in [1.82, 2.24) is 19.6 Å². The number of rotatable bonds is 5. The van der Waals surface area contributed by atoms with Crippen LogP contribution < -0.4 is 10.0 Å². The monoisotopic (exact) mass is 285 g/mol. The molecule has 0 saturated carbocycles. The second kappa shape index (κ2) is 5.81. The molecule has 0 aliphatic carbocycles. The third kappa shape index (κ3) is 3.62. The predicted molar refractivity (Wildman–Crippen MR) is 72.4 cm³/mol. The zero-order chi connectivity index (χ0) is 13.9. The van der Waals surface area contributed by atoms with E-state index in [0.29, 0.717) is 12.5 Å². The molecule has 106 valence electrons. The Morgan fingerprint density at radius 1 is 1.42 bits per heavy atom. The molecule has 19 heavy (non-hydrogen) atoms. The summed E-state index contributed by atoms with van der Waals surface area (Å²) < 4.78 is 27.0. The van der Waals surface area contributed by atoms with Crippen molar-refractivity contribution in [3.8, 4) is 0 Å². The van der Waals surface area contributed by atoms with Crippen LogP contribution in [0.3, 0.4) is 0 Å². The molecular formula is C11H19N5O2S. The zero-order valence-corrected chi connectivity index (χ0v) is 11.9. The highest BCUT2D eigenvalue weighted by Gasteiger charge is 2.25.